The van der Waals surface area contributed by atoms with Gasteiger partial charge in [-0.15, -0.1) is 0 Å². The number of carbonyl (C=O) groups is 2. The highest BCUT2D eigenvalue weighted by atomic mass is 19.4. The van der Waals surface area contributed by atoms with Crippen LogP contribution in [-0.4, -0.2) is 39.0 Å². The number of hydrogen-bond donors (Lipinski definition) is 1. The molecule has 2 aromatic rings. The van der Waals surface area contributed by atoms with Crippen LogP contribution in [0.15, 0.2) is 24.3 Å². The van der Waals surface area contributed by atoms with Gasteiger partial charge in [0, 0.05) is 24.5 Å². The molecule has 8 heteroatoms. The Morgan fingerprint density at radius 3 is 2.54 bits per heavy atom. The van der Waals surface area contributed by atoms with Crippen LogP contribution in [0.4, 0.5) is 13.2 Å². The zero-order valence-corrected chi connectivity index (χ0v) is 14.4. The standard InChI is InChI=1S/C18H19F3N2O3/c1-10-5-6-23(15(7-10)17(25)26)16(24)14-9-11-8-12(18(19,20)21)3-4-13(11)22(14)2/h3-4,8-10,15H,5-7H2,1-2H3,(H,25,26). The Kier molecular flexibility index (Phi) is 4.46. The van der Waals surface area contributed by atoms with Crippen LogP contribution in [-0.2, 0) is 18.0 Å². The number of aliphatic carboxylic acids is 1. The molecule has 0 saturated carbocycles. The molecule has 2 atom stereocenters. The minimum absolute atomic E-state index is 0.181. The quantitative estimate of drug-likeness (QED) is 0.882. The number of aryl methyl sites for hydroxylation is 1. The van der Waals surface area contributed by atoms with Crippen LogP contribution in [0.5, 0.6) is 0 Å². The lowest BCUT2D eigenvalue weighted by Crippen LogP contribution is -2.50. The molecule has 5 nitrogen and oxygen atoms in total. The first-order chi connectivity index (χ1) is 12.1. The van der Waals surface area contributed by atoms with Crippen molar-refractivity contribution in [1.82, 2.24) is 9.47 Å². The zero-order chi connectivity index (χ0) is 19.2. The van der Waals surface area contributed by atoms with Gasteiger partial charge in [-0.25, -0.2) is 4.79 Å². The van der Waals surface area contributed by atoms with Gasteiger partial charge in [0.15, 0.2) is 0 Å². The number of nitrogens with zero attached hydrogens (tertiary/aromatic N) is 2. The summed E-state index contributed by atoms with van der Waals surface area (Å²) < 4.78 is 40.2. The number of hydrogen-bond acceptors (Lipinski definition) is 2. The fourth-order valence-corrected chi connectivity index (χ4v) is 3.50. The summed E-state index contributed by atoms with van der Waals surface area (Å²) >= 11 is 0. The van der Waals surface area contributed by atoms with E-state index in [9.17, 15) is 27.9 Å². The number of aromatic nitrogens is 1. The van der Waals surface area contributed by atoms with Gasteiger partial charge >= 0.3 is 12.1 Å². The lowest BCUT2D eigenvalue weighted by Gasteiger charge is -2.36. The van der Waals surface area contributed by atoms with Crippen LogP contribution in [0.3, 0.4) is 0 Å². The lowest BCUT2D eigenvalue weighted by molar-refractivity contribution is -0.144. The Balaban J connectivity index is 2.00. The Bertz CT molecular complexity index is 872. The topological polar surface area (TPSA) is 62.5 Å². The van der Waals surface area contributed by atoms with Crippen LogP contribution in [0, 0.1) is 5.92 Å². The molecule has 3 rings (SSSR count). The molecule has 0 radical (unpaired) electrons. The predicted octanol–water partition coefficient (Wildman–Crippen LogP) is 3.52. The Morgan fingerprint density at radius 1 is 1.23 bits per heavy atom. The molecule has 1 amide bonds. The molecule has 2 heterocycles. The average Bonchev–Trinajstić information content (AvgIpc) is 2.89. The van der Waals surface area contributed by atoms with Crippen molar-refractivity contribution in [2.75, 3.05) is 6.54 Å². The maximum Gasteiger partial charge on any atom is 0.416 e. The van der Waals surface area contributed by atoms with Gasteiger partial charge in [0.1, 0.15) is 11.7 Å². The van der Waals surface area contributed by atoms with Crippen molar-refractivity contribution in [2.45, 2.75) is 32.0 Å². The van der Waals surface area contributed by atoms with Crippen molar-refractivity contribution in [3.8, 4) is 0 Å². The zero-order valence-electron chi connectivity index (χ0n) is 14.4. The van der Waals surface area contributed by atoms with Gasteiger partial charge in [0.2, 0.25) is 0 Å². The van der Waals surface area contributed by atoms with E-state index >= 15 is 0 Å². The first-order valence-corrected chi connectivity index (χ1v) is 8.30. The van der Waals surface area contributed by atoms with Crippen molar-refractivity contribution < 1.29 is 27.9 Å². The molecule has 0 bridgehead atoms. The number of carboxylic acids is 1. The number of piperidine rings is 1. The van der Waals surface area contributed by atoms with Crippen LogP contribution >= 0.6 is 0 Å². The second-order valence-corrected chi connectivity index (χ2v) is 6.84. The molecule has 1 aromatic carbocycles. The fourth-order valence-electron chi connectivity index (χ4n) is 3.50. The summed E-state index contributed by atoms with van der Waals surface area (Å²) in [5.41, 5.74) is -0.122. The molecule has 1 saturated heterocycles. The van der Waals surface area contributed by atoms with Gasteiger partial charge in [-0.2, -0.15) is 13.2 Å². The second kappa shape index (κ2) is 6.34. The summed E-state index contributed by atoms with van der Waals surface area (Å²) in [5.74, 6) is -1.35. The molecule has 1 N–H and O–H groups in total. The van der Waals surface area contributed by atoms with Gasteiger partial charge in [0.05, 0.1) is 5.56 Å². The summed E-state index contributed by atoms with van der Waals surface area (Å²) in [7, 11) is 1.59. The number of fused-ring (bicyclic) bond motifs is 1. The second-order valence-electron chi connectivity index (χ2n) is 6.84. The third-order valence-electron chi connectivity index (χ3n) is 5.00. The summed E-state index contributed by atoms with van der Waals surface area (Å²) in [6, 6.07) is 3.76. The average molecular weight is 368 g/mol. The molecule has 0 spiro atoms. The molecule has 1 aliphatic rings. The lowest BCUT2D eigenvalue weighted by atomic mass is 9.92. The number of carbonyl (C=O) groups excluding carboxylic acids is 1. The molecule has 0 aliphatic carbocycles. The molecular formula is C18H19F3N2O3. The summed E-state index contributed by atoms with van der Waals surface area (Å²) in [6.45, 7) is 2.25. The smallest absolute Gasteiger partial charge is 0.416 e. The first kappa shape index (κ1) is 18.3. The van der Waals surface area contributed by atoms with Gasteiger partial charge in [-0.3, -0.25) is 4.79 Å². The normalized spacial score (nSPS) is 21.2. The number of likely N-dealkylation sites (tertiary alicyclic amines) is 1. The van der Waals surface area contributed by atoms with E-state index in [1.807, 2.05) is 6.92 Å². The molecule has 1 aliphatic heterocycles. The minimum atomic E-state index is -4.47. The fraction of sp³-hybridized carbons (Fsp3) is 0.444. The van der Waals surface area contributed by atoms with Crippen molar-refractivity contribution in [1.29, 1.82) is 0 Å². The summed E-state index contributed by atoms with van der Waals surface area (Å²) in [6.07, 6.45) is -3.41. The van der Waals surface area contributed by atoms with E-state index in [2.05, 4.69) is 0 Å². The van der Waals surface area contributed by atoms with Crippen molar-refractivity contribution in [2.24, 2.45) is 13.0 Å². The molecule has 140 valence electrons. The number of amides is 1. The van der Waals surface area contributed by atoms with E-state index in [4.69, 9.17) is 0 Å². The third kappa shape index (κ3) is 3.15. The Hall–Kier alpha value is -2.51. The molecule has 1 fully saturated rings. The van der Waals surface area contributed by atoms with Crippen molar-refractivity contribution in [3.63, 3.8) is 0 Å². The minimum Gasteiger partial charge on any atom is -0.480 e. The van der Waals surface area contributed by atoms with Crippen LogP contribution in [0.2, 0.25) is 0 Å². The Labute approximate surface area is 148 Å². The van der Waals surface area contributed by atoms with E-state index in [1.165, 1.54) is 21.6 Å². The van der Waals surface area contributed by atoms with Crippen LogP contribution in [0.1, 0.15) is 35.8 Å². The molecule has 1 aromatic heterocycles. The van der Waals surface area contributed by atoms with E-state index < -0.39 is 29.7 Å². The number of rotatable bonds is 2. The summed E-state index contributed by atoms with van der Waals surface area (Å²) in [4.78, 5) is 25.8. The number of carboxylic acid groups (broad SMARTS) is 1. The highest BCUT2D eigenvalue weighted by Crippen LogP contribution is 2.33. The molecule has 2 unspecified atom stereocenters. The maximum atomic E-state index is 12.9. The van der Waals surface area contributed by atoms with Crippen LogP contribution in [0.25, 0.3) is 10.9 Å². The number of benzene rings is 1. The van der Waals surface area contributed by atoms with Gasteiger partial charge in [-0.1, -0.05) is 6.92 Å². The van der Waals surface area contributed by atoms with E-state index in [-0.39, 0.29) is 11.6 Å². The van der Waals surface area contributed by atoms with Crippen molar-refractivity contribution in [3.05, 3.63) is 35.5 Å². The first-order valence-electron chi connectivity index (χ1n) is 8.30. The molecular weight excluding hydrogens is 349 g/mol. The number of halogens is 3. The predicted molar refractivity (Wildman–Crippen MR) is 88.8 cm³/mol. The highest BCUT2D eigenvalue weighted by molar-refractivity contribution is 6.00. The van der Waals surface area contributed by atoms with Gasteiger partial charge < -0.3 is 14.6 Å². The van der Waals surface area contributed by atoms with Crippen molar-refractivity contribution >= 4 is 22.8 Å². The van der Waals surface area contributed by atoms with Gasteiger partial charge in [0.25, 0.3) is 5.91 Å². The van der Waals surface area contributed by atoms with Crippen LogP contribution < -0.4 is 0 Å². The summed E-state index contributed by atoms with van der Waals surface area (Å²) in [5, 5.41) is 9.73. The molecule has 26 heavy (non-hydrogen) atoms. The van der Waals surface area contributed by atoms with E-state index in [0.29, 0.717) is 30.3 Å². The van der Waals surface area contributed by atoms with E-state index in [0.717, 1.165) is 12.1 Å². The third-order valence-corrected chi connectivity index (χ3v) is 5.00. The monoisotopic (exact) mass is 368 g/mol. The van der Waals surface area contributed by atoms with E-state index in [1.54, 1.807) is 7.05 Å². The SMILES string of the molecule is CC1CCN(C(=O)c2cc3cc(C(F)(F)F)ccc3n2C)C(C(=O)O)C1. The largest absolute Gasteiger partial charge is 0.480 e. The Morgan fingerprint density at radius 2 is 1.92 bits per heavy atom. The highest BCUT2D eigenvalue weighted by Gasteiger charge is 2.36. The van der Waals surface area contributed by atoms with Gasteiger partial charge in [-0.05, 0) is 43.0 Å². The number of alkyl halides is 3. The maximum absolute atomic E-state index is 12.9.